The fourth-order valence-electron chi connectivity index (χ4n) is 1.58. The third-order valence-electron chi connectivity index (χ3n) is 2.85. The first kappa shape index (κ1) is 36.9. The van der Waals surface area contributed by atoms with Crippen LogP contribution in [-0.4, -0.2) is 12.9 Å². The van der Waals surface area contributed by atoms with E-state index < -0.39 is 0 Å². The molecule has 4 nitrogen and oxygen atoms in total. The standard InChI is InChI=1S/2C9H9O2.2C3H7.2Y/c1-8-2-4-9(5-3-8)6-11-7-10;1-8-4-2-3-5-9(8)6-11-7-10;2*1-3-2;;/h2*2,4-5,7H,6H2,1H3;2*3H,1-2H3;;/q4*-1;;. The SMILES string of the molecule is C[CH-]C.C[CH-]C.Cc1[c-]cc(COC=O)cc1.Cc1cc[c-]cc1COC=O.[Y].[Y]. The minimum absolute atomic E-state index is 0. The summed E-state index contributed by atoms with van der Waals surface area (Å²) in [5.74, 6) is 0. The summed E-state index contributed by atoms with van der Waals surface area (Å²) in [5, 5.41) is 0. The van der Waals surface area contributed by atoms with Crippen molar-refractivity contribution >= 4 is 12.9 Å². The van der Waals surface area contributed by atoms with Crippen LogP contribution >= 0.6 is 0 Å². The molecular formula is C24H32O4Y2-4. The molecule has 0 aliphatic rings. The summed E-state index contributed by atoms with van der Waals surface area (Å²) in [5.41, 5.74) is 4.16. The van der Waals surface area contributed by atoms with Gasteiger partial charge in [0.1, 0.15) is 0 Å². The van der Waals surface area contributed by atoms with E-state index in [0.29, 0.717) is 26.2 Å². The molecular weight excluding hydrogens is 530 g/mol. The largest absolute Gasteiger partial charge is 0.476 e. The van der Waals surface area contributed by atoms with Crippen LogP contribution in [0.3, 0.4) is 0 Å². The molecule has 6 heteroatoms. The molecule has 0 unspecified atom stereocenters. The minimum Gasteiger partial charge on any atom is -0.476 e. The van der Waals surface area contributed by atoms with Gasteiger partial charge in [-0.15, -0.1) is 11.1 Å². The Balaban J connectivity index is -0.000000170. The van der Waals surface area contributed by atoms with Crippen LogP contribution in [0.2, 0.25) is 0 Å². The number of aryl methyl sites for hydroxylation is 2. The zero-order chi connectivity index (χ0) is 21.6. The average Bonchev–Trinajstić information content (AvgIpc) is 2.69. The van der Waals surface area contributed by atoms with E-state index in [9.17, 15) is 9.59 Å². The fraction of sp³-hybridized carbons (Fsp3) is 0.333. The molecule has 30 heavy (non-hydrogen) atoms. The first-order valence-corrected chi connectivity index (χ1v) is 9.01. The summed E-state index contributed by atoms with van der Waals surface area (Å²) < 4.78 is 9.16. The minimum atomic E-state index is 0. The van der Waals surface area contributed by atoms with Gasteiger partial charge in [-0.05, 0) is 0 Å². The molecule has 0 amide bonds. The van der Waals surface area contributed by atoms with Gasteiger partial charge in [0.05, 0.1) is 13.2 Å². The Kier molecular flexibility index (Phi) is 35.2. The molecule has 0 saturated carbocycles. The summed E-state index contributed by atoms with van der Waals surface area (Å²) in [6, 6.07) is 17.2. The van der Waals surface area contributed by atoms with Crippen molar-refractivity contribution in [1.29, 1.82) is 0 Å². The van der Waals surface area contributed by atoms with Gasteiger partial charge in [0.25, 0.3) is 12.9 Å². The Labute approximate surface area is 233 Å². The number of rotatable bonds is 6. The number of carbonyl (C=O) groups excluding carboxylic acids is 2. The smallest absolute Gasteiger partial charge is 0.292 e. The van der Waals surface area contributed by atoms with Crippen LogP contribution in [0.25, 0.3) is 0 Å². The second-order valence-corrected chi connectivity index (χ2v) is 5.70. The maximum Gasteiger partial charge on any atom is 0.292 e. The van der Waals surface area contributed by atoms with Crippen molar-refractivity contribution in [2.45, 2.75) is 54.8 Å². The molecule has 0 aromatic heterocycles. The number of hydrogen-bond acceptors (Lipinski definition) is 4. The van der Waals surface area contributed by atoms with Crippen LogP contribution in [0.1, 0.15) is 49.9 Å². The third kappa shape index (κ3) is 23.9. The molecule has 2 rings (SSSR count). The van der Waals surface area contributed by atoms with Gasteiger partial charge in [0, 0.05) is 65.4 Å². The molecule has 2 aromatic rings. The zero-order valence-electron chi connectivity index (χ0n) is 19.0. The normalized spacial score (nSPS) is 7.93. The molecule has 0 fully saturated rings. The van der Waals surface area contributed by atoms with Gasteiger partial charge in [-0.2, -0.15) is 87.4 Å². The second-order valence-electron chi connectivity index (χ2n) is 5.70. The van der Waals surface area contributed by atoms with Crippen molar-refractivity contribution in [2.75, 3.05) is 0 Å². The quantitative estimate of drug-likeness (QED) is 0.350. The van der Waals surface area contributed by atoms with Crippen molar-refractivity contribution in [2.24, 2.45) is 0 Å². The Morgan fingerprint density at radius 3 is 1.83 bits per heavy atom. The van der Waals surface area contributed by atoms with Gasteiger partial charge in [-0.1, -0.05) is 13.8 Å². The summed E-state index contributed by atoms with van der Waals surface area (Å²) >= 11 is 0. The number of benzene rings is 2. The van der Waals surface area contributed by atoms with E-state index in [1.165, 1.54) is 0 Å². The molecule has 162 valence electrons. The van der Waals surface area contributed by atoms with Gasteiger partial charge in [0.15, 0.2) is 0 Å². The van der Waals surface area contributed by atoms with Crippen molar-refractivity contribution in [3.63, 3.8) is 0 Å². The van der Waals surface area contributed by atoms with Gasteiger partial charge >= 0.3 is 0 Å². The van der Waals surface area contributed by atoms with E-state index in [4.69, 9.17) is 0 Å². The summed E-state index contributed by atoms with van der Waals surface area (Å²) in [4.78, 5) is 19.7. The van der Waals surface area contributed by atoms with Gasteiger partial charge in [-0.25, -0.2) is 0 Å². The summed E-state index contributed by atoms with van der Waals surface area (Å²) in [6.45, 7) is 13.5. The van der Waals surface area contributed by atoms with Crippen LogP contribution in [-0.2, 0) is 97.7 Å². The molecule has 0 heterocycles. The van der Waals surface area contributed by atoms with Crippen molar-refractivity contribution in [3.8, 4) is 0 Å². The van der Waals surface area contributed by atoms with Crippen LogP contribution < -0.4 is 0 Å². The van der Waals surface area contributed by atoms with E-state index in [0.717, 1.165) is 22.3 Å². The van der Waals surface area contributed by atoms with Gasteiger partial charge in [-0.3, -0.25) is 9.59 Å². The topological polar surface area (TPSA) is 52.6 Å². The maximum atomic E-state index is 9.86. The number of hydrogen-bond donors (Lipinski definition) is 0. The predicted octanol–water partition coefficient (Wildman–Crippen LogP) is 5.39. The molecule has 0 saturated heterocycles. The zero-order valence-corrected chi connectivity index (χ0v) is 24.7. The molecule has 2 radical (unpaired) electrons. The number of carbonyl (C=O) groups is 2. The Hall–Kier alpha value is -0.412. The van der Waals surface area contributed by atoms with Crippen LogP contribution in [0.5, 0.6) is 0 Å². The van der Waals surface area contributed by atoms with E-state index in [-0.39, 0.29) is 65.4 Å². The fourth-order valence-corrected chi connectivity index (χ4v) is 1.58. The summed E-state index contributed by atoms with van der Waals surface area (Å²) in [6.07, 6.45) is 4.00. The van der Waals surface area contributed by atoms with E-state index in [1.54, 1.807) is 0 Å². The Bertz CT molecular complexity index is 615. The molecule has 0 atom stereocenters. The number of ether oxygens (including phenoxy) is 2. The van der Waals surface area contributed by atoms with E-state index in [1.807, 2.05) is 90.8 Å². The van der Waals surface area contributed by atoms with E-state index in [2.05, 4.69) is 21.6 Å². The summed E-state index contributed by atoms with van der Waals surface area (Å²) in [7, 11) is 0. The van der Waals surface area contributed by atoms with Crippen LogP contribution in [0.15, 0.2) is 36.4 Å². The first-order valence-electron chi connectivity index (χ1n) is 9.01. The monoisotopic (exact) mass is 562 g/mol. The van der Waals surface area contributed by atoms with Crippen molar-refractivity contribution in [1.82, 2.24) is 0 Å². The maximum absolute atomic E-state index is 9.86. The van der Waals surface area contributed by atoms with Gasteiger partial charge < -0.3 is 22.3 Å². The van der Waals surface area contributed by atoms with Crippen LogP contribution in [0.4, 0.5) is 0 Å². The Morgan fingerprint density at radius 2 is 1.40 bits per heavy atom. The molecule has 0 aliphatic heterocycles. The van der Waals surface area contributed by atoms with Crippen molar-refractivity contribution in [3.05, 3.63) is 83.6 Å². The molecule has 0 aliphatic carbocycles. The average molecular weight is 562 g/mol. The second kappa shape index (κ2) is 28.6. The molecule has 0 spiro atoms. The van der Waals surface area contributed by atoms with Crippen LogP contribution in [0, 0.1) is 38.8 Å². The first-order chi connectivity index (χ1) is 13.5. The molecule has 0 bridgehead atoms. The third-order valence-corrected chi connectivity index (χ3v) is 2.85. The van der Waals surface area contributed by atoms with Gasteiger partial charge in [0.2, 0.25) is 0 Å². The Morgan fingerprint density at radius 1 is 0.867 bits per heavy atom. The predicted molar refractivity (Wildman–Crippen MR) is 113 cm³/mol. The van der Waals surface area contributed by atoms with E-state index >= 15 is 0 Å². The molecule has 0 N–H and O–H groups in total. The van der Waals surface area contributed by atoms with Crippen molar-refractivity contribution < 1.29 is 84.5 Å². The molecule has 2 aromatic carbocycles.